The molecule has 0 radical (unpaired) electrons. The Kier molecular flexibility index (Phi) is 16.4. The number of aliphatic hydroxyl groups is 1. The van der Waals surface area contributed by atoms with Crippen LogP contribution in [0.5, 0.6) is 23.0 Å². The first kappa shape index (κ1) is 37.0. The summed E-state index contributed by atoms with van der Waals surface area (Å²) in [6.45, 7) is 7.25. The normalized spacial score (nSPS) is 12.8. The number of methoxy groups -OCH3 is 2. The number of hydrogen-bond donors (Lipinski definition) is 3. The molecule has 2 aromatic rings. The fourth-order valence-electron chi connectivity index (χ4n) is 3.41. The van der Waals surface area contributed by atoms with Gasteiger partial charge in [-0.15, -0.1) is 13.2 Å². The molecular weight excluding hydrogens is 617 g/mol. The molecule has 10 nitrogen and oxygen atoms in total. The molecule has 45 heavy (non-hydrogen) atoms. The summed E-state index contributed by atoms with van der Waals surface area (Å²) in [5.41, 5.74) is 13.0. The van der Waals surface area contributed by atoms with Crippen molar-refractivity contribution >= 4 is 53.4 Å². The van der Waals surface area contributed by atoms with Gasteiger partial charge in [-0.25, -0.2) is 9.59 Å². The number of rotatable bonds is 19. The highest BCUT2D eigenvalue weighted by Crippen LogP contribution is 2.30. The van der Waals surface area contributed by atoms with Gasteiger partial charge in [0.1, 0.15) is 17.8 Å². The average molecular weight is 655 g/mol. The molecule has 0 saturated carbocycles. The lowest BCUT2D eigenvalue weighted by Gasteiger charge is -2.13. The molecule has 0 aliphatic carbocycles. The molecule has 240 valence electrons. The zero-order chi connectivity index (χ0) is 33.2. The predicted molar refractivity (Wildman–Crippen MR) is 182 cm³/mol. The standard InChI is InChI=1S/C33H38N2O8S2/c1-5-15-44-20-26(34)32(38)42-28-13-9-22(17-30(28)40-3)7-11-24(36)19-25(37)12-8-23-10-14-29(31(18-23)41-4)43-33(39)27(35)21-45-16-6-2/h5-14,17-19,26-27,36H,1-2,15-16,20-21,34-35H2,3-4H3/b11-7+,12-8+,24-19-. The maximum atomic E-state index is 12.4. The highest BCUT2D eigenvalue weighted by molar-refractivity contribution is 7.99. The predicted octanol–water partition coefficient (Wildman–Crippen LogP) is 4.75. The molecule has 0 aliphatic heterocycles. The summed E-state index contributed by atoms with van der Waals surface area (Å²) in [5, 5.41) is 10.3. The van der Waals surface area contributed by atoms with Crippen LogP contribution in [-0.2, 0) is 14.4 Å². The van der Waals surface area contributed by atoms with Crippen molar-refractivity contribution in [2.45, 2.75) is 12.1 Å². The van der Waals surface area contributed by atoms with Gasteiger partial charge >= 0.3 is 11.9 Å². The Labute approximate surface area is 271 Å². The molecule has 0 fully saturated rings. The maximum absolute atomic E-state index is 12.4. The van der Waals surface area contributed by atoms with Crippen molar-refractivity contribution in [3.05, 3.63) is 96.8 Å². The van der Waals surface area contributed by atoms with Gasteiger partial charge < -0.3 is 35.5 Å². The number of thioether (sulfide) groups is 2. The smallest absolute Gasteiger partial charge is 0.329 e. The number of nitrogens with two attached hydrogens (primary N) is 2. The molecule has 0 saturated heterocycles. The van der Waals surface area contributed by atoms with Crippen LogP contribution >= 0.6 is 23.5 Å². The summed E-state index contributed by atoms with van der Waals surface area (Å²) in [6, 6.07) is 7.97. The van der Waals surface area contributed by atoms with Crippen molar-refractivity contribution in [1.29, 1.82) is 0 Å². The van der Waals surface area contributed by atoms with Crippen LogP contribution in [0, 0.1) is 0 Å². The summed E-state index contributed by atoms with van der Waals surface area (Å²) in [6.07, 6.45) is 10.2. The molecule has 0 aliphatic rings. The van der Waals surface area contributed by atoms with Gasteiger partial charge in [-0.3, -0.25) is 4.79 Å². The SMILES string of the molecule is C=CCSCC(N)C(=O)Oc1ccc(/C=C/C(=O)/C=C(O)/C=C/c2ccc(OC(=O)C(N)CSCC=C)c(OC)c2)cc1OC. The van der Waals surface area contributed by atoms with Crippen molar-refractivity contribution in [3.8, 4) is 23.0 Å². The van der Waals surface area contributed by atoms with Crippen LogP contribution in [-0.4, -0.2) is 72.1 Å². The summed E-state index contributed by atoms with van der Waals surface area (Å²) in [4.78, 5) is 37.0. The van der Waals surface area contributed by atoms with Gasteiger partial charge in [0.15, 0.2) is 28.8 Å². The van der Waals surface area contributed by atoms with E-state index in [1.54, 1.807) is 54.6 Å². The number of ether oxygens (including phenoxy) is 4. The van der Waals surface area contributed by atoms with Crippen LogP contribution < -0.4 is 30.4 Å². The van der Waals surface area contributed by atoms with E-state index in [2.05, 4.69) is 13.2 Å². The van der Waals surface area contributed by atoms with Gasteiger partial charge in [0.2, 0.25) is 0 Å². The second-order valence-corrected chi connectivity index (χ2v) is 11.3. The summed E-state index contributed by atoms with van der Waals surface area (Å²) in [7, 11) is 2.86. The van der Waals surface area contributed by atoms with Crippen LogP contribution in [0.3, 0.4) is 0 Å². The highest BCUT2D eigenvalue weighted by atomic mass is 32.2. The van der Waals surface area contributed by atoms with Gasteiger partial charge in [-0.05, 0) is 47.5 Å². The molecule has 5 N–H and O–H groups in total. The monoisotopic (exact) mass is 654 g/mol. The third-order valence-electron chi connectivity index (χ3n) is 5.64. The fourth-order valence-corrected chi connectivity index (χ4v) is 4.79. The van der Waals surface area contributed by atoms with E-state index < -0.39 is 29.8 Å². The number of esters is 2. The first-order valence-corrected chi connectivity index (χ1v) is 15.9. The van der Waals surface area contributed by atoms with Crippen molar-refractivity contribution in [3.63, 3.8) is 0 Å². The van der Waals surface area contributed by atoms with E-state index in [0.29, 0.717) is 39.9 Å². The lowest BCUT2D eigenvalue weighted by atomic mass is 10.1. The third-order valence-corrected chi connectivity index (χ3v) is 7.78. The van der Waals surface area contributed by atoms with Crippen molar-refractivity contribution in [2.24, 2.45) is 11.5 Å². The molecule has 0 amide bonds. The van der Waals surface area contributed by atoms with Gasteiger partial charge in [-0.1, -0.05) is 36.4 Å². The third kappa shape index (κ3) is 13.1. The van der Waals surface area contributed by atoms with E-state index in [0.717, 1.165) is 6.08 Å². The lowest BCUT2D eigenvalue weighted by molar-refractivity contribution is -0.136. The van der Waals surface area contributed by atoms with Crippen LogP contribution in [0.4, 0.5) is 0 Å². The highest BCUT2D eigenvalue weighted by Gasteiger charge is 2.19. The average Bonchev–Trinajstić information content (AvgIpc) is 3.03. The largest absolute Gasteiger partial charge is 0.508 e. The number of allylic oxidation sites excluding steroid dienone is 3. The second kappa shape index (κ2) is 19.9. The number of ketones is 1. The van der Waals surface area contributed by atoms with Crippen molar-refractivity contribution < 1.29 is 38.4 Å². The van der Waals surface area contributed by atoms with Crippen LogP contribution in [0.1, 0.15) is 11.1 Å². The van der Waals surface area contributed by atoms with E-state index in [4.69, 9.17) is 30.4 Å². The molecule has 0 bridgehead atoms. The number of benzene rings is 2. The Morgan fingerprint density at radius 1 is 0.778 bits per heavy atom. The van der Waals surface area contributed by atoms with E-state index in [1.165, 1.54) is 56.0 Å². The summed E-state index contributed by atoms with van der Waals surface area (Å²) < 4.78 is 21.4. The van der Waals surface area contributed by atoms with Crippen molar-refractivity contribution in [2.75, 3.05) is 37.2 Å². The Balaban J connectivity index is 2.01. The van der Waals surface area contributed by atoms with Gasteiger partial charge in [0.05, 0.1) is 14.2 Å². The van der Waals surface area contributed by atoms with Crippen molar-refractivity contribution in [1.82, 2.24) is 0 Å². The topological polar surface area (TPSA) is 160 Å². The zero-order valence-electron chi connectivity index (χ0n) is 25.2. The minimum atomic E-state index is -0.808. The van der Waals surface area contributed by atoms with E-state index in [9.17, 15) is 19.5 Å². The summed E-state index contributed by atoms with van der Waals surface area (Å²) >= 11 is 2.93. The van der Waals surface area contributed by atoms with Crippen LogP contribution in [0.2, 0.25) is 0 Å². The lowest BCUT2D eigenvalue weighted by Crippen LogP contribution is -2.36. The van der Waals surface area contributed by atoms with E-state index in [-0.39, 0.29) is 23.0 Å². The molecule has 2 atom stereocenters. The Hall–Kier alpha value is -4.23. The zero-order valence-corrected chi connectivity index (χ0v) is 26.8. The molecule has 2 rings (SSSR count). The second-order valence-electron chi connectivity index (χ2n) is 9.17. The van der Waals surface area contributed by atoms with E-state index in [1.807, 2.05) is 0 Å². The Bertz CT molecular complexity index is 1440. The van der Waals surface area contributed by atoms with Gasteiger partial charge in [0, 0.05) is 29.1 Å². The first-order chi connectivity index (χ1) is 21.6. The summed E-state index contributed by atoms with van der Waals surface area (Å²) in [5.74, 6) is 1.14. The number of carbonyl (C=O) groups is 3. The molecule has 0 heterocycles. The molecule has 2 unspecified atom stereocenters. The fraction of sp³-hybridized carbons (Fsp3) is 0.242. The molecule has 0 spiro atoms. The number of hydrogen-bond acceptors (Lipinski definition) is 12. The Morgan fingerprint density at radius 2 is 1.22 bits per heavy atom. The minimum absolute atomic E-state index is 0.197. The molecule has 2 aromatic carbocycles. The number of aliphatic hydroxyl groups excluding tert-OH is 1. The van der Waals surface area contributed by atoms with Crippen LogP contribution in [0.15, 0.2) is 85.7 Å². The molecule has 0 aromatic heterocycles. The minimum Gasteiger partial charge on any atom is -0.508 e. The first-order valence-electron chi connectivity index (χ1n) is 13.6. The maximum Gasteiger partial charge on any atom is 0.329 e. The van der Waals surface area contributed by atoms with E-state index >= 15 is 0 Å². The van der Waals surface area contributed by atoms with Crippen LogP contribution in [0.25, 0.3) is 12.2 Å². The molecular formula is C33H38N2O8S2. The van der Waals surface area contributed by atoms with Gasteiger partial charge in [0.25, 0.3) is 0 Å². The Morgan fingerprint density at radius 3 is 1.64 bits per heavy atom. The number of carbonyl (C=O) groups excluding carboxylic acids is 3. The molecule has 12 heteroatoms. The quantitative estimate of drug-likeness (QED) is 0.0364. The van der Waals surface area contributed by atoms with Gasteiger partial charge in [-0.2, -0.15) is 23.5 Å².